The predicted molar refractivity (Wildman–Crippen MR) is 129 cm³/mol. The first-order valence-corrected chi connectivity index (χ1v) is 11.3. The van der Waals surface area contributed by atoms with Gasteiger partial charge in [-0.1, -0.05) is 18.2 Å². The first-order chi connectivity index (χ1) is 16.3. The number of rotatable bonds is 7. The standard InChI is InChI=1S/C27H26N4O2/c32-17-5-15-30-14-4-6-21(18-30)19-31-16-13-25-27(31)26(29-20-28-25)22-9-11-24(12-10-22)33-23-7-2-1-3-8-23/h1-3,5,7-13,15-17,20-21H,4,6,14,18-19H2. The Labute approximate surface area is 193 Å². The minimum absolute atomic E-state index is 0.500. The molecule has 166 valence electrons. The quantitative estimate of drug-likeness (QED) is 0.289. The number of ether oxygens (including phenoxy) is 1. The summed E-state index contributed by atoms with van der Waals surface area (Å²) in [5, 5.41) is 0. The van der Waals surface area contributed by atoms with E-state index in [9.17, 15) is 4.79 Å². The van der Waals surface area contributed by atoms with Crippen LogP contribution in [0.3, 0.4) is 0 Å². The molecule has 1 atom stereocenters. The number of nitrogens with zero attached hydrogens (tertiary/aromatic N) is 4. The van der Waals surface area contributed by atoms with Crippen LogP contribution in [0, 0.1) is 5.92 Å². The zero-order valence-corrected chi connectivity index (χ0v) is 18.4. The molecule has 0 bridgehead atoms. The molecule has 5 rings (SSSR count). The van der Waals surface area contributed by atoms with Crippen molar-refractivity contribution in [3.8, 4) is 22.8 Å². The summed E-state index contributed by atoms with van der Waals surface area (Å²) in [6, 6.07) is 19.9. The van der Waals surface area contributed by atoms with E-state index >= 15 is 0 Å². The minimum atomic E-state index is 0.500. The number of aldehydes is 1. The second-order valence-electron chi connectivity index (χ2n) is 8.34. The molecule has 1 saturated heterocycles. The Kier molecular flexibility index (Phi) is 6.15. The largest absolute Gasteiger partial charge is 0.457 e. The van der Waals surface area contributed by atoms with E-state index in [1.54, 1.807) is 12.4 Å². The number of likely N-dealkylation sites (tertiary alicyclic amines) is 1. The average molecular weight is 439 g/mol. The van der Waals surface area contributed by atoms with E-state index in [0.29, 0.717) is 5.92 Å². The predicted octanol–water partition coefficient (Wildman–Crippen LogP) is 5.32. The smallest absolute Gasteiger partial charge is 0.144 e. The van der Waals surface area contributed by atoms with Crippen molar-refractivity contribution >= 4 is 17.3 Å². The van der Waals surface area contributed by atoms with Crippen molar-refractivity contribution in [3.63, 3.8) is 0 Å². The fourth-order valence-electron chi connectivity index (χ4n) is 4.52. The van der Waals surface area contributed by atoms with Gasteiger partial charge >= 0.3 is 0 Å². The van der Waals surface area contributed by atoms with Crippen LogP contribution >= 0.6 is 0 Å². The van der Waals surface area contributed by atoms with Crippen LogP contribution in [-0.2, 0) is 11.3 Å². The third kappa shape index (κ3) is 4.80. The number of hydrogen-bond donors (Lipinski definition) is 0. The van der Waals surface area contributed by atoms with Crippen molar-refractivity contribution in [2.45, 2.75) is 19.4 Å². The Hall–Kier alpha value is -3.93. The molecule has 1 fully saturated rings. The molecule has 2 aromatic heterocycles. The summed E-state index contributed by atoms with van der Waals surface area (Å²) in [5.74, 6) is 2.10. The Morgan fingerprint density at radius 1 is 1.00 bits per heavy atom. The highest BCUT2D eigenvalue weighted by Crippen LogP contribution is 2.30. The summed E-state index contributed by atoms with van der Waals surface area (Å²) in [5.41, 5.74) is 3.94. The Morgan fingerprint density at radius 3 is 2.64 bits per heavy atom. The van der Waals surface area contributed by atoms with Crippen LogP contribution in [0.5, 0.6) is 11.5 Å². The lowest BCUT2D eigenvalue weighted by Gasteiger charge is -2.32. The molecule has 1 unspecified atom stereocenters. The van der Waals surface area contributed by atoms with Crippen molar-refractivity contribution in [2.24, 2.45) is 5.92 Å². The molecule has 0 N–H and O–H groups in total. The molecule has 0 amide bonds. The highest BCUT2D eigenvalue weighted by atomic mass is 16.5. The zero-order chi connectivity index (χ0) is 22.5. The maximum Gasteiger partial charge on any atom is 0.144 e. The van der Waals surface area contributed by atoms with Crippen molar-refractivity contribution < 1.29 is 9.53 Å². The molecule has 3 heterocycles. The van der Waals surface area contributed by atoms with Gasteiger partial charge in [0, 0.05) is 37.6 Å². The third-order valence-corrected chi connectivity index (χ3v) is 6.04. The minimum Gasteiger partial charge on any atom is -0.457 e. The number of piperidine rings is 1. The van der Waals surface area contributed by atoms with E-state index in [4.69, 9.17) is 4.74 Å². The summed E-state index contributed by atoms with van der Waals surface area (Å²) >= 11 is 0. The molecule has 1 aliphatic rings. The second kappa shape index (κ2) is 9.69. The Morgan fingerprint density at radius 2 is 1.82 bits per heavy atom. The lowest BCUT2D eigenvalue weighted by Crippen LogP contribution is -2.33. The van der Waals surface area contributed by atoms with Crippen molar-refractivity contribution in [3.05, 3.63) is 85.5 Å². The summed E-state index contributed by atoms with van der Waals surface area (Å²) in [7, 11) is 0. The van der Waals surface area contributed by atoms with Gasteiger partial charge in [-0.25, -0.2) is 9.97 Å². The topological polar surface area (TPSA) is 60.2 Å². The van der Waals surface area contributed by atoms with Crippen LogP contribution in [-0.4, -0.2) is 38.8 Å². The maximum atomic E-state index is 10.7. The van der Waals surface area contributed by atoms with E-state index in [0.717, 1.165) is 66.1 Å². The van der Waals surface area contributed by atoms with E-state index in [1.807, 2.05) is 60.8 Å². The van der Waals surface area contributed by atoms with Crippen molar-refractivity contribution in [1.29, 1.82) is 0 Å². The molecular weight excluding hydrogens is 412 g/mol. The number of aromatic nitrogens is 3. The molecule has 6 nitrogen and oxygen atoms in total. The summed E-state index contributed by atoms with van der Waals surface area (Å²) in [4.78, 5) is 22.0. The zero-order valence-electron chi connectivity index (χ0n) is 18.4. The van der Waals surface area contributed by atoms with E-state index in [1.165, 1.54) is 6.42 Å². The number of carbonyl (C=O) groups is 1. The normalized spacial score (nSPS) is 16.4. The van der Waals surface area contributed by atoms with Gasteiger partial charge in [-0.15, -0.1) is 0 Å². The average Bonchev–Trinajstić information content (AvgIpc) is 3.27. The van der Waals surface area contributed by atoms with Crippen LogP contribution < -0.4 is 4.74 Å². The van der Waals surface area contributed by atoms with E-state index in [-0.39, 0.29) is 0 Å². The third-order valence-electron chi connectivity index (χ3n) is 6.04. The van der Waals surface area contributed by atoms with Crippen molar-refractivity contribution in [1.82, 2.24) is 19.4 Å². The number of allylic oxidation sites excluding steroid dienone is 1. The molecule has 1 aliphatic heterocycles. The van der Waals surface area contributed by atoms with Gasteiger partial charge in [0.1, 0.15) is 24.1 Å². The molecular formula is C27H26N4O2. The van der Waals surface area contributed by atoms with Crippen LogP contribution in [0.4, 0.5) is 0 Å². The number of carbonyl (C=O) groups excluding carboxylic acids is 1. The first kappa shape index (κ1) is 20.9. The number of benzene rings is 2. The van der Waals surface area contributed by atoms with Gasteiger partial charge in [-0.2, -0.15) is 0 Å². The van der Waals surface area contributed by atoms with Crippen LogP contribution in [0.2, 0.25) is 0 Å². The summed E-state index contributed by atoms with van der Waals surface area (Å²) in [6.07, 6.45) is 10.3. The maximum absolute atomic E-state index is 10.7. The molecule has 0 saturated carbocycles. The molecule has 4 aromatic rings. The van der Waals surface area contributed by atoms with Crippen LogP contribution in [0.1, 0.15) is 12.8 Å². The first-order valence-electron chi connectivity index (χ1n) is 11.3. The monoisotopic (exact) mass is 438 g/mol. The Balaban J connectivity index is 1.39. The highest BCUT2D eigenvalue weighted by Gasteiger charge is 2.20. The molecule has 2 aromatic carbocycles. The van der Waals surface area contributed by atoms with Gasteiger partial charge in [0.15, 0.2) is 0 Å². The van der Waals surface area contributed by atoms with E-state index in [2.05, 4.69) is 31.7 Å². The number of para-hydroxylation sites is 1. The van der Waals surface area contributed by atoms with Crippen LogP contribution in [0.25, 0.3) is 22.3 Å². The molecule has 0 radical (unpaired) electrons. The summed E-state index contributed by atoms with van der Waals surface area (Å²) in [6.45, 7) is 2.84. The summed E-state index contributed by atoms with van der Waals surface area (Å²) < 4.78 is 8.21. The number of hydrogen-bond acceptors (Lipinski definition) is 5. The van der Waals surface area contributed by atoms with Gasteiger partial charge in [-0.3, -0.25) is 4.79 Å². The second-order valence-corrected chi connectivity index (χ2v) is 8.34. The fraction of sp³-hybridized carbons (Fsp3) is 0.222. The van der Waals surface area contributed by atoms with E-state index < -0.39 is 0 Å². The van der Waals surface area contributed by atoms with Crippen LogP contribution in [0.15, 0.2) is 85.5 Å². The lowest BCUT2D eigenvalue weighted by atomic mass is 9.98. The SMILES string of the molecule is O=CC=CN1CCCC(Cn2ccc3ncnc(-c4ccc(Oc5ccccc5)cc4)c32)C1. The number of fused-ring (bicyclic) bond motifs is 1. The molecule has 6 heteroatoms. The van der Waals surface area contributed by atoms with Gasteiger partial charge in [-0.05, 0) is 67.3 Å². The lowest BCUT2D eigenvalue weighted by molar-refractivity contribution is -0.104. The molecule has 33 heavy (non-hydrogen) atoms. The Bertz CT molecular complexity index is 1250. The van der Waals surface area contributed by atoms with Gasteiger partial charge in [0.05, 0.1) is 16.7 Å². The molecule has 0 spiro atoms. The van der Waals surface area contributed by atoms with Gasteiger partial charge < -0.3 is 14.2 Å². The van der Waals surface area contributed by atoms with Gasteiger partial charge in [0.2, 0.25) is 0 Å². The molecule has 0 aliphatic carbocycles. The van der Waals surface area contributed by atoms with Gasteiger partial charge in [0.25, 0.3) is 0 Å². The highest BCUT2D eigenvalue weighted by molar-refractivity contribution is 5.89. The van der Waals surface area contributed by atoms with Crippen molar-refractivity contribution in [2.75, 3.05) is 13.1 Å². The fourth-order valence-corrected chi connectivity index (χ4v) is 4.52.